The Labute approximate surface area is 129 Å². The van der Waals surface area contributed by atoms with Gasteiger partial charge in [0.15, 0.2) is 0 Å². The quantitative estimate of drug-likeness (QED) is 0.326. The SMILES string of the molecule is CC(/C=C(/C)[S-])=NCCN=C(C)/C=C(/C)[S-].[Pd+2]. The number of nitrogens with zero attached hydrogens (tertiary/aromatic N) is 2. The Morgan fingerprint density at radius 3 is 1.35 bits per heavy atom. The van der Waals surface area contributed by atoms with E-state index >= 15 is 0 Å². The van der Waals surface area contributed by atoms with Crippen molar-refractivity contribution < 1.29 is 20.4 Å². The van der Waals surface area contributed by atoms with Crippen LogP contribution >= 0.6 is 0 Å². The fourth-order valence-electron chi connectivity index (χ4n) is 1.13. The summed E-state index contributed by atoms with van der Waals surface area (Å²) in [5.41, 5.74) is 1.91. The van der Waals surface area contributed by atoms with Crippen molar-refractivity contribution >= 4 is 36.7 Å². The number of rotatable bonds is 5. The molecule has 0 radical (unpaired) electrons. The van der Waals surface area contributed by atoms with Crippen LogP contribution in [0.3, 0.4) is 0 Å². The summed E-state index contributed by atoms with van der Waals surface area (Å²) in [6.07, 6.45) is 3.78. The second-order valence-electron chi connectivity index (χ2n) is 3.56. The zero-order valence-electron chi connectivity index (χ0n) is 10.6. The molecule has 0 saturated carbocycles. The molecular formula is C12H18N2PdS2. The molecule has 0 bridgehead atoms. The van der Waals surface area contributed by atoms with E-state index in [0.717, 1.165) is 21.2 Å². The van der Waals surface area contributed by atoms with Crippen molar-refractivity contribution in [3.8, 4) is 0 Å². The minimum atomic E-state index is 0. The topological polar surface area (TPSA) is 24.7 Å². The first-order valence-electron chi connectivity index (χ1n) is 5.14. The first-order chi connectivity index (χ1) is 7.41. The van der Waals surface area contributed by atoms with Crippen LogP contribution in [0.4, 0.5) is 0 Å². The molecule has 0 atom stereocenters. The van der Waals surface area contributed by atoms with Crippen molar-refractivity contribution in [1.29, 1.82) is 0 Å². The molecule has 0 fully saturated rings. The van der Waals surface area contributed by atoms with Crippen LogP contribution in [0.1, 0.15) is 27.7 Å². The monoisotopic (exact) mass is 360 g/mol. The molecule has 0 aromatic carbocycles. The van der Waals surface area contributed by atoms with E-state index in [0.29, 0.717) is 13.1 Å². The fourth-order valence-corrected chi connectivity index (χ4v) is 1.47. The Morgan fingerprint density at radius 1 is 0.824 bits per heavy atom. The zero-order chi connectivity index (χ0) is 12.6. The Balaban J connectivity index is 0. The normalized spacial score (nSPS) is 14.6. The van der Waals surface area contributed by atoms with Crippen molar-refractivity contribution in [1.82, 2.24) is 0 Å². The van der Waals surface area contributed by atoms with Gasteiger partial charge < -0.3 is 25.3 Å². The van der Waals surface area contributed by atoms with Gasteiger partial charge in [-0.1, -0.05) is 26.0 Å². The molecule has 0 aromatic rings. The van der Waals surface area contributed by atoms with Crippen molar-refractivity contribution in [2.75, 3.05) is 13.1 Å². The molecule has 17 heavy (non-hydrogen) atoms. The standard InChI is InChI=1S/C12H20N2S2.Pd/c1-9(7-11(3)15)13-5-6-14-10(2)8-12(4)16;/h7-8,15-16H,5-6H2,1-4H3;/q;+2/p-2/b11-7-,12-8-,13-9?,14-10?;. The van der Waals surface area contributed by atoms with E-state index in [4.69, 9.17) is 25.3 Å². The van der Waals surface area contributed by atoms with E-state index in [9.17, 15) is 0 Å². The predicted molar refractivity (Wildman–Crippen MR) is 78.2 cm³/mol. The largest absolute Gasteiger partial charge is 2.00 e. The summed E-state index contributed by atoms with van der Waals surface area (Å²) in [4.78, 5) is 10.4. The Hall–Kier alpha value is -0.0777. The van der Waals surface area contributed by atoms with Crippen LogP contribution in [0.25, 0.3) is 0 Å². The molecule has 0 amide bonds. The van der Waals surface area contributed by atoms with Gasteiger partial charge in [-0.3, -0.25) is 9.98 Å². The van der Waals surface area contributed by atoms with Crippen LogP contribution in [0.15, 0.2) is 31.9 Å². The summed E-state index contributed by atoms with van der Waals surface area (Å²) in [6.45, 7) is 9.03. The second-order valence-corrected chi connectivity index (χ2v) is 4.84. The van der Waals surface area contributed by atoms with Gasteiger partial charge >= 0.3 is 20.4 Å². The Morgan fingerprint density at radius 2 is 1.12 bits per heavy atom. The zero-order valence-corrected chi connectivity index (χ0v) is 13.8. The van der Waals surface area contributed by atoms with Crippen molar-refractivity contribution in [3.63, 3.8) is 0 Å². The maximum Gasteiger partial charge on any atom is 2.00 e. The van der Waals surface area contributed by atoms with Gasteiger partial charge in [0.1, 0.15) is 0 Å². The summed E-state index contributed by atoms with van der Waals surface area (Å²) in [5, 5.41) is 0. The van der Waals surface area contributed by atoms with Crippen molar-refractivity contribution in [2.24, 2.45) is 9.98 Å². The molecule has 0 unspecified atom stereocenters. The van der Waals surface area contributed by atoms with Crippen LogP contribution in [0.2, 0.25) is 0 Å². The molecule has 2 nitrogen and oxygen atoms in total. The van der Waals surface area contributed by atoms with Crippen molar-refractivity contribution in [2.45, 2.75) is 27.7 Å². The fraction of sp³-hybridized carbons (Fsp3) is 0.500. The smallest absolute Gasteiger partial charge is 0.784 e. The van der Waals surface area contributed by atoms with E-state index in [-0.39, 0.29) is 20.4 Å². The molecule has 0 N–H and O–H groups in total. The number of aliphatic imine (C=N–C) groups is 2. The first kappa shape index (κ1) is 19.3. The summed E-state index contributed by atoms with van der Waals surface area (Å²) < 4.78 is 0. The summed E-state index contributed by atoms with van der Waals surface area (Å²) in [7, 11) is 0. The van der Waals surface area contributed by atoms with E-state index in [1.165, 1.54) is 0 Å². The summed E-state index contributed by atoms with van der Waals surface area (Å²) in [5.74, 6) is 0. The van der Waals surface area contributed by atoms with Crippen LogP contribution in [-0.4, -0.2) is 24.5 Å². The first-order valence-corrected chi connectivity index (χ1v) is 5.96. The van der Waals surface area contributed by atoms with Gasteiger partial charge in [0.25, 0.3) is 0 Å². The molecule has 0 aliphatic rings. The summed E-state index contributed by atoms with van der Waals surface area (Å²) >= 11 is 9.91. The number of hydrogen-bond donors (Lipinski definition) is 0. The van der Waals surface area contributed by atoms with Gasteiger partial charge in [0, 0.05) is 11.4 Å². The Kier molecular flexibility index (Phi) is 12.5. The van der Waals surface area contributed by atoms with Gasteiger partial charge in [-0.15, -0.1) is 0 Å². The van der Waals surface area contributed by atoms with Crippen LogP contribution in [0.5, 0.6) is 0 Å². The summed E-state index contributed by atoms with van der Waals surface area (Å²) in [6, 6.07) is 0. The van der Waals surface area contributed by atoms with E-state index in [2.05, 4.69) is 9.98 Å². The molecule has 0 rings (SSSR count). The minimum absolute atomic E-state index is 0. The molecule has 0 saturated heterocycles. The molecule has 0 aromatic heterocycles. The Bertz CT molecular complexity index is 302. The van der Waals surface area contributed by atoms with Gasteiger partial charge in [-0.2, -0.15) is 9.81 Å². The third-order valence-electron chi connectivity index (χ3n) is 1.65. The second kappa shape index (κ2) is 11.0. The third-order valence-corrected chi connectivity index (χ3v) is 1.88. The van der Waals surface area contributed by atoms with Gasteiger partial charge in [0.05, 0.1) is 13.1 Å². The molecule has 0 spiro atoms. The van der Waals surface area contributed by atoms with Crippen molar-refractivity contribution in [3.05, 3.63) is 22.0 Å². The average molecular weight is 361 g/mol. The molecule has 0 aliphatic carbocycles. The van der Waals surface area contributed by atoms with E-state index < -0.39 is 0 Å². The van der Waals surface area contributed by atoms with Crippen LogP contribution in [-0.2, 0) is 45.7 Å². The maximum absolute atomic E-state index is 4.96. The number of allylic oxidation sites excluding steroid dienone is 4. The molecular weight excluding hydrogens is 343 g/mol. The van der Waals surface area contributed by atoms with E-state index in [1.807, 2.05) is 39.8 Å². The molecule has 5 heteroatoms. The van der Waals surface area contributed by atoms with Gasteiger partial charge in [0.2, 0.25) is 0 Å². The van der Waals surface area contributed by atoms with Crippen LogP contribution in [0, 0.1) is 0 Å². The average Bonchev–Trinajstić information content (AvgIpc) is 2.10. The molecule has 0 aliphatic heterocycles. The van der Waals surface area contributed by atoms with Gasteiger partial charge in [-0.25, -0.2) is 0 Å². The minimum Gasteiger partial charge on any atom is -0.784 e. The maximum atomic E-state index is 4.96. The molecule has 0 heterocycles. The third kappa shape index (κ3) is 13.9. The van der Waals surface area contributed by atoms with E-state index in [1.54, 1.807) is 0 Å². The predicted octanol–water partition coefficient (Wildman–Crippen LogP) is 2.81. The van der Waals surface area contributed by atoms with Gasteiger partial charge in [-0.05, 0) is 13.8 Å². The number of hydrogen-bond acceptors (Lipinski definition) is 4. The van der Waals surface area contributed by atoms with Crippen LogP contribution < -0.4 is 0 Å². The molecule has 98 valence electrons.